The summed E-state index contributed by atoms with van der Waals surface area (Å²) in [6.07, 6.45) is 0.733. The fraction of sp³-hybridized carbons (Fsp3) is 0.355. The Morgan fingerprint density at radius 2 is 1.51 bits per heavy atom. The predicted octanol–water partition coefficient (Wildman–Crippen LogP) is 5.57. The molecule has 35 heavy (non-hydrogen) atoms. The van der Waals surface area contributed by atoms with Gasteiger partial charge in [0.1, 0.15) is 6.04 Å². The summed E-state index contributed by atoms with van der Waals surface area (Å²) in [6.45, 7) is 11.2. The predicted molar refractivity (Wildman–Crippen MR) is 143 cm³/mol. The molecule has 0 saturated heterocycles. The van der Waals surface area contributed by atoms with Crippen molar-refractivity contribution in [1.29, 1.82) is 0 Å². The lowest BCUT2D eigenvalue weighted by Gasteiger charge is -2.32. The molecule has 0 aliphatic carbocycles. The van der Waals surface area contributed by atoms with E-state index in [1.54, 1.807) is 4.90 Å². The summed E-state index contributed by atoms with van der Waals surface area (Å²) in [5.74, 6) is 0.178. The van der Waals surface area contributed by atoms with Crippen molar-refractivity contribution in [2.24, 2.45) is 5.92 Å². The monoisotopic (exact) mass is 470 g/mol. The Labute approximate surface area is 210 Å². The third kappa shape index (κ3) is 7.81. The number of carbonyl (C=O) groups is 2. The van der Waals surface area contributed by atoms with Crippen LogP contribution in [0.4, 0.5) is 0 Å². The maximum Gasteiger partial charge on any atom is 0.243 e. The van der Waals surface area contributed by atoms with E-state index in [1.807, 2.05) is 69.3 Å². The van der Waals surface area contributed by atoms with E-state index in [0.29, 0.717) is 25.4 Å². The van der Waals surface area contributed by atoms with Crippen LogP contribution in [0, 0.1) is 26.7 Å². The van der Waals surface area contributed by atoms with Crippen LogP contribution in [0.25, 0.3) is 0 Å². The number of rotatable bonds is 10. The van der Waals surface area contributed by atoms with Gasteiger partial charge in [-0.15, -0.1) is 0 Å². The van der Waals surface area contributed by atoms with Crippen molar-refractivity contribution in [3.05, 3.63) is 106 Å². The number of aryl methyl sites for hydroxylation is 3. The first kappa shape index (κ1) is 26.2. The minimum Gasteiger partial charge on any atom is -0.354 e. The molecule has 3 rings (SSSR count). The molecular formula is C31H38N2O2. The smallest absolute Gasteiger partial charge is 0.243 e. The average molecular weight is 471 g/mol. The molecular weight excluding hydrogens is 432 g/mol. The van der Waals surface area contributed by atoms with Crippen LogP contribution in [0.2, 0.25) is 0 Å². The summed E-state index contributed by atoms with van der Waals surface area (Å²) in [6, 6.07) is 23.7. The molecule has 3 aromatic carbocycles. The van der Waals surface area contributed by atoms with Gasteiger partial charge in [0.25, 0.3) is 0 Å². The fourth-order valence-corrected chi connectivity index (χ4v) is 4.24. The van der Waals surface area contributed by atoms with Crippen molar-refractivity contribution in [1.82, 2.24) is 10.2 Å². The van der Waals surface area contributed by atoms with Crippen LogP contribution in [-0.2, 0) is 29.0 Å². The van der Waals surface area contributed by atoms with Crippen molar-refractivity contribution in [3.8, 4) is 0 Å². The zero-order valence-electron chi connectivity index (χ0n) is 21.7. The van der Waals surface area contributed by atoms with E-state index in [9.17, 15) is 9.59 Å². The summed E-state index contributed by atoms with van der Waals surface area (Å²) in [5.41, 5.74) is 6.40. The molecule has 1 atom stereocenters. The second-order valence-corrected chi connectivity index (χ2v) is 9.96. The van der Waals surface area contributed by atoms with Gasteiger partial charge in [-0.2, -0.15) is 0 Å². The highest BCUT2D eigenvalue weighted by atomic mass is 16.2. The zero-order chi connectivity index (χ0) is 25.4. The highest BCUT2D eigenvalue weighted by molar-refractivity contribution is 5.89. The van der Waals surface area contributed by atoms with Crippen molar-refractivity contribution < 1.29 is 9.59 Å². The molecule has 0 spiro atoms. The third-order valence-corrected chi connectivity index (χ3v) is 6.24. The van der Waals surface area contributed by atoms with Crippen LogP contribution in [-0.4, -0.2) is 29.3 Å². The Morgan fingerprint density at radius 3 is 2.20 bits per heavy atom. The van der Waals surface area contributed by atoms with E-state index in [1.165, 1.54) is 0 Å². The first-order valence-electron chi connectivity index (χ1n) is 12.5. The number of hydrogen-bond acceptors (Lipinski definition) is 2. The lowest BCUT2D eigenvalue weighted by atomic mass is 9.99. The summed E-state index contributed by atoms with van der Waals surface area (Å²) in [5, 5.41) is 3.09. The van der Waals surface area contributed by atoms with Gasteiger partial charge in [0.05, 0.1) is 6.42 Å². The molecule has 4 nitrogen and oxygen atoms in total. The van der Waals surface area contributed by atoms with Crippen LogP contribution in [0.15, 0.2) is 72.8 Å². The maximum absolute atomic E-state index is 13.9. The normalized spacial score (nSPS) is 11.8. The maximum atomic E-state index is 13.9. The van der Waals surface area contributed by atoms with Gasteiger partial charge in [-0.25, -0.2) is 0 Å². The van der Waals surface area contributed by atoms with Crippen molar-refractivity contribution in [2.75, 3.05) is 6.54 Å². The molecule has 2 amide bonds. The fourth-order valence-electron chi connectivity index (χ4n) is 4.24. The lowest BCUT2D eigenvalue weighted by Crippen LogP contribution is -2.51. The minimum atomic E-state index is -0.603. The molecule has 0 fully saturated rings. The number of nitrogens with zero attached hydrogens (tertiary/aromatic N) is 1. The second-order valence-electron chi connectivity index (χ2n) is 9.96. The molecule has 0 aliphatic rings. The van der Waals surface area contributed by atoms with Crippen molar-refractivity contribution in [2.45, 2.75) is 60.0 Å². The molecule has 3 aromatic rings. The summed E-state index contributed by atoms with van der Waals surface area (Å²) in [4.78, 5) is 29.2. The number of hydrogen-bond donors (Lipinski definition) is 1. The number of benzene rings is 3. The molecule has 1 N–H and O–H groups in total. The van der Waals surface area contributed by atoms with Gasteiger partial charge < -0.3 is 10.2 Å². The van der Waals surface area contributed by atoms with Gasteiger partial charge in [0.2, 0.25) is 11.8 Å². The molecule has 184 valence electrons. The summed E-state index contributed by atoms with van der Waals surface area (Å²) in [7, 11) is 0. The van der Waals surface area contributed by atoms with E-state index in [4.69, 9.17) is 0 Å². The van der Waals surface area contributed by atoms with Crippen LogP contribution < -0.4 is 5.32 Å². The van der Waals surface area contributed by atoms with Crippen LogP contribution in [0.1, 0.15) is 47.2 Å². The first-order chi connectivity index (χ1) is 16.7. The van der Waals surface area contributed by atoms with E-state index in [2.05, 4.69) is 43.4 Å². The Balaban J connectivity index is 1.98. The van der Waals surface area contributed by atoms with E-state index in [0.717, 1.165) is 33.4 Å². The van der Waals surface area contributed by atoms with Gasteiger partial charge in [0, 0.05) is 19.5 Å². The van der Waals surface area contributed by atoms with Crippen LogP contribution in [0.3, 0.4) is 0 Å². The molecule has 0 radical (unpaired) electrons. The quantitative estimate of drug-likeness (QED) is 0.421. The average Bonchev–Trinajstić information content (AvgIpc) is 2.82. The zero-order valence-corrected chi connectivity index (χ0v) is 21.7. The van der Waals surface area contributed by atoms with E-state index >= 15 is 0 Å². The Morgan fingerprint density at radius 1 is 0.829 bits per heavy atom. The molecule has 0 aromatic heterocycles. The summed E-state index contributed by atoms with van der Waals surface area (Å²) < 4.78 is 0. The van der Waals surface area contributed by atoms with Crippen LogP contribution in [0.5, 0.6) is 0 Å². The Bertz CT molecular complexity index is 1140. The summed E-state index contributed by atoms with van der Waals surface area (Å²) >= 11 is 0. The van der Waals surface area contributed by atoms with E-state index < -0.39 is 6.04 Å². The lowest BCUT2D eigenvalue weighted by molar-refractivity contribution is -0.140. The van der Waals surface area contributed by atoms with Crippen LogP contribution >= 0.6 is 0 Å². The van der Waals surface area contributed by atoms with Crippen molar-refractivity contribution in [3.63, 3.8) is 0 Å². The van der Waals surface area contributed by atoms with Gasteiger partial charge >= 0.3 is 0 Å². The molecule has 0 unspecified atom stereocenters. The standard InChI is InChI=1S/C31H38N2O2/c1-22(2)20-32-31(35)29(18-26-11-7-6-8-12-26)33(21-27-13-9-10-23(3)16-27)30(34)19-28-17-24(4)14-15-25(28)5/h6-17,22,29H,18-21H2,1-5H3,(H,32,35)/t29-/m0/s1. The number of nitrogens with one attached hydrogen (secondary N) is 1. The second kappa shape index (κ2) is 12.3. The Kier molecular flexibility index (Phi) is 9.25. The largest absolute Gasteiger partial charge is 0.354 e. The highest BCUT2D eigenvalue weighted by Crippen LogP contribution is 2.19. The van der Waals surface area contributed by atoms with Crippen molar-refractivity contribution >= 4 is 11.8 Å². The Hall–Kier alpha value is -3.40. The highest BCUT2D eigenvalue weighted by Gasteiger charge is 2.30. The van der Waals surface area contributed by atoms with Gasteiger partial charge in [0.15, 0.2) is 0 Å². The number of carbonyl (C=O) groups excluding carboxylic acids is 2. The molecule has 0 bridgehead atoms. The van der Waals surface area contributed by atoms with Gasteiger partial charge in [-0.3, -0.25) is 9.59 Å². The number of amides is 2. The van der Waals surface area contributed by atoms with E-state index in [-0.39, 0.29) is 18.2 Å². The topological polar surface area (TPSA) is 49.4 Å². The molecule has 0 aliphatic heterocycles. The van der Waals surface area contributed by atoms with Gasteiger partial charge in [-0.05, 0) is 48.9 Å². The molecule has 0 heterocycles. The van der Waals surface area contributed by atoms with Gasteiger partial charge in [-0.1, -0.05) is 97.8 Å². The molecule has 0 saturated carbocycles. The molecule has 4 heteroatoms. The first-order valence-corrected chi connectivity index (χ1v) is 12.5. The minimum absolute atomic E-state index is 0.0409. The third-order valence-electron chi connectivity index (χ3n) is 6.24. The SMILES string of the molecule is Cc1cccc(CN(C(=O)Cc2cc(C)ccc2C)[C@@H](Cc2ccccc2)C(=O)NCC(C)C)c1.